The van der Waals surface area contributed by atoms with Crippen LogP contribution >= 0.6 is 0 Å². The number of imidazole rings is 1. The molecule has 0 aliphatic heterocycles. The number of rotatable bonds is 1. The highest BCUT2D eigenvalue weighted by Crippen LogP contribution is 2.33. The van der Waals surface area contributed by atoms with E-state index in [1.807, 2.05) is 13.1 Å². The lowest BCUT2D eigenvalue weighted by molar-refractivity contribution is 0.909. The van der Waals surface area contributed by atoms with Crippen LogP contribution in [0.5, 0.6) is 0 Å². The Kier molecular flexibility index (Phi) is 4.41. The van der Waals surface area contributed by atoms with E-state index in [9.17, 15) is 0 Å². The predicted molar refractivity (Wildman–Crippen MR) is 83.6 cm³/mol. The van der Waals surface area contributed by atoms with Gasteiger partial charge in [-0.3, -0.25) is 0 Å². The molecule has 1 aliphatic carbocycles. The van der Waals surface area contributed by atoms with E-state index in [0.717, 1.165) is 11.5 Å². The Morgan fingerprint density at radius 1 is 1.16 bits per heavy atom. The van der Waals surface area contributed by atoms with Crippen LogP contribution < -0.4 is 0 Å². The van der Waals surface area contributed by atoms with Crippen LogP contribution in [-0.2, 0) is 12.8 Å². The summed E-state index contributed by atoms with van der Waals surface area (Å²) < 4.78 is 0. The van der Waals surface area contributed by atoms with E-state index in [1.54, 1.807) is 5.56 Å². The minimum absolute atomic E-state index is 0. The van der Waals surface area contributed by atoms with Gasteiger partial charge in [-0.25, -0.2) is 4.98 Å². The Morgan fingerprint density at radius 2 is 1.84 bits per heavy atom. The number of benzene rings is 1. The number of hydrogen-bond acceptors (Lipinski definition) is 1. The molecule has 0 radical (unpaired) electrons. The number of H-pyrrole nitrogens is 1. The second-order valence-corrected chi connectivity index (χ2v) is 5.33. The van der Waals surface area contributed by atoms with Gasteiger partial charge in [-0.05, 0) is 49.8 Å². The molecule has 0 fully saturated rings. The van der Waals surface area contributed by atoms with Gasteiger partial charge in [0.2, 0.25) is 0 Å². The zero-order valence-electron chi connectivity index (χ0n) is 12.5. The Hall–Kier alpha value is -1.57. The molecule has 1 aromatic heterocycles. The molecular formula is C17H26N2. The number of nitrogens with one attached hydrogen (secondary N) is 1. The monoisotopic (exact) mass is 258 g/mol. The van der Waals surface area contributed by atoms with Crippen LogP contribution in [0.15, 0.2) is 18.3 Å². The zero-order valence-corrected chi connectivity index (χ0v) is 12.5. The van der Waals surface area contributed by atoms with E-state index >= 15 is 0 Å². The van der Waals surface area contributed by atoms with E-state index in [2.05, 4.69) is 42.9 Å². The summed E-state index contributed by atoms with van der Waals surface area (Å²) in [5.41, 5.74) is 7.04. The molecule has 0 saturated carbocycles. The molecule has 1 aliphatic rings. The third-order valence-electron chi connectivity index (χ3n) is 3.51. The predicted octanol–water partition coefficient (Wildman–Crippen LogP) is 4.84. The van der Waals surface area contributed by atoms with Gasteiger partial charge in [-0.2, -0.15) is 0 Å². The highest BCUT2D eigenvalue weighted by molar-refractivity contribution is 5.67. The molecule has 1 heterocycles. The minimum Gasteiger partial charge on any atom is -0.342 e. The van der Waals surface area contributed by atoms with Crippen molar-refractivity contribution in [2.45, 2.75) is 53.4 Å². The van der Waals surface area contributed by atoms with Gasteiger partial charge in [0.25, 0.3) is 0 Å². The Bertz CT molecular complexity index is 558. The molecule has 0 atom stereocenters. The van der Waals surface area contributed by atoms with Crippen LogP contribution in [0, 0.1) is 13.8 Å². The van der Waals surface area contributed by atoms with Crippen molar-refractivity contribution in [3.05, 3.63) is 40.8 Å². The summed E-state index contributed by atoms with van der Waals surface area (Å²) >= 11 is 0. The highest BCUT2D eigenvalue weighted by atomic mass is 14.9. The fourth-order valence-corrected chi connectivity index (χ4v) is 2.70. The lowest BCUT2D eigenvalue weighted by Crippen LogP contribution is -1.92. The molecule has 2 heteroatoms. The minimum atomic E-state index is 0. The van der Waals surface area contributed by atoms with Gasteiger partial charge in [0.1, 0.15) is 5.82 Å². The second-order valence-electron chi connectivity index (χ2n) is 5.33. The van der Waals surface area contributed by atoms with Crippen LogP contribution in [0.4, 0.5) is 0 Å². The lowest BCUT2D eigenvalue weighted by atomic mass is 9.97. The van der Waals surface area contributed by atoms with Crippen molar-refractivity contribution < 1.29 is 1.43 Å². The molecule has 2 nitrogen and oxygen atoms in total. The number of aryl methyl sites for hydroxylation is 2. The summed E-state index contributed by atoms with van der Waals surface area (Å²) in [6.07, 6.45) is 6.94. The van der Waals surface area contributed by atoms with Gasteiger partial charge in [0, 0.05) is 6.99 Å². The third-order valence-corrected chi connectivity index (χ3v) is 3.51. The van der Waals surface area contributed by atoms with Crippen LogP contribution in [0.1, 0.15) is 50.6 Å². The number of aromatic amines is 1. The number of fused-ring (bicyclic) bond motifs is 1. The topological polar surface area (TPSA) is 28.7 Å². The maximum Gasteiger partial charge on any atom is 0.103 e. The fourth-order valence-electron chi connectivity index (χ4n) is 2.70. The first-order valence-corrected chi connectivity index (χ1v) is 7.30. The quantitative estimate of drug-likeness (QED) is 0.778. The van der Waals surface area contributed by atoms with E-state index in [4.69, 9.17) is 0 Å². The second kappa shape index (κ2) is 6.05. The summed E-state index contributed by atoms with van der Waals surface area (Å²) in [5, 5.41) is 0. The molecule has 0 saturated heterocycles. The standard InChI is InChI=1S/C14H16N2.C3H8.H2/c1-9-6-7-13(12-5-3-4-11(9)12)14-8-15-10(2)16-14;1-3-2;/h6-8H,3-5H2,1-2H3,(H,15,16);3H2,1-2H3;1H. The SMILES string of the molecule is CCC.Cc1ncc(-c2ccc(C)c3c2CCC3)[nH]1.[HH]. The van der Waals surface area contributed by atoms with Gasteiger partial charge >= 0.3 is 0 Å². The maximum atomic E-state index is 4.29. The van der Waals surface area contributed by atoms with Gasteiger partial charge in [-0.1, -0.05) is 32.4 Å². The van der Waals surface area contributed by atoms with Crippen molar-refractivity contribution in [3.63, 3.8) is 0 Å². The summed E-state index contributed by atoms with van der Waals surface area (Å²) in [5.74, 6) is 0.988. The number of aromatic nitrogens is 2. The lowest BCUT2D eigenvalue weighted by Gasteiger charge is -2.09. The van der Waals surface area contributed by atoms with Crippen molar-refractivity contribution in [1.29, 1.82) is 0 Å². The summed E-state index contributed by atoms with van der Waals surface area (Å²) in [4.78, 5) is 7.62. The molecule has 1 N–H and O–H groups in total. The molecule has 19 heavy (non-hydrogen) atoms. The Labute approximate surface area is 117 Å². The fraction of sp³-hybridized carbons (Fsp3) is 0.471. The third kappa shape index (κ3) is 2.89. The zero-order chi connectivity index (χ0) is 13.8. The highest BCUT2D eigenvalue weighted by Gasteiger charge is 2.18. The van der Waals surface area contributed by atoms with Crippen LogP contribution in [-0.4, -0.2) is 9.97 Å². The first-order valence-electron chi connectivity index (χ1n) is 7.30. The summed E-state index contributed by atoms with van der Waals surface area (Å²) in [6.45, 7) is 8.46. The van der Waals surface area contributed by atoms with Gasteiger partial charge in [-0.15, -0.1) is 0 Å². The van der Waals surface area contributed by atoms with E-state index in [1.165, 1.54) is 42.4 Å². The van der Waals surface area contributed by atoms with Crippen molar-refractivity contribution in [1.82, 2.24) is 9.97 Å². The van der Waals surface area contributed by atoms with Crippen molar-refractivity contribution in [2.24, 2.45) is 0 Å². The van der Waals surface area contributed by atoms with Crippen LogP contribution in [0.2, 0.25) is 0 Å². The van der Waals surface area contributed by atoms with Gasteiger partial charge < -0.3 is 4.98 Å². The first-order chi connectivity index (χ1) is 9.17. The normalized spacial score (nSPS) is 12.8. The van der Waals surface area contributed by atoms with Crippen LogP contribution in [0.25, 0.3) is 11.3 Å². The molecule has 1 aromatic carbocycles. The maximum absolute atomic E-state index is 4.29. The van der Waals surface area contributed by atoms with Crippen LogP contribution in [0.3, 0.4) is 0 Å². The van der Waals surface area contributed by atoms with Gasteiger partial charge in [0.15, 0.2) is 0 Å². The molecular weight excluding hydrogens is 232 g/mol. The molecule has 0 unspecified atom stereocenters. The van der Waals surface area contributed by atoms with Crippen molar-refractivity contribution in [2.75, 3.05) is 0 Å². The van der Waals surface area contributed by atoms with E-state index in [0.29, 0.717) is 0 Å². The molecule has 0 amide bonds. The molecule has 104 valence electrons. The summed E-state index contributed by atoms with van der Waals surface area (Å²) in [6, 6.07) is 4.46. The molecule has 0 spiro atoms. The average Bonchev–Trinajstić information content (AvgIpc) is 3.00. The Morgan fingerprint density at radius 3 is 2.47 bits per heavy atom. The number of hydrogen-bond donors (Lipinski definition) is 1. The average molecular weight is 258 g/mol. The smallest absolute Gasteiger partial charge is 0.103 e. The molecule has 3 rings (SSSR count). The van der Waals surface area contributed by atoms with Gasteiger partial charge in [0.05, 0.1) is 11.9 Å². The first kappa shape index (κ1) is 13.9. The summed E-state index contributed by atoms with van der Waals surface area (Å²) in [7, 11) is 0. The largest absolute Gasteiger partial charge is 0.342 e. The Balaban J connectivity index is 0.000000462. The molecule has 0 bridgehead atoms. The van der Waals surface area contributed by atoms with Crippen molar-refractivity contribution >= 4 is 0 Å². The van der Waals surface area contributed by atoms with Crippen molar-refractivity contribution in [3.8, 4) is 11.3 Å². The number of nitrogens with zero attached hydrogens (tertiary/aromatic N) is 1. The van der Waals surface area contributed by atoms with E-state index < -0.39 is 0 Å². The van der Waals surface area contributed by atoms with E-state index in [-0.39, 0.29) is 1.43 Å². The molecule has 2 aromatic rings.